The van der Waals surface area contributed by atoms with E-state index in [1.165, 1.54) is 5.56 Å². The Morgan fingerprint density at radius 2 is 1.60 bits per heavy atom. The summed E-state index contributed by atoms with van der Waals surface area (Å²) in [6.45, 7) is 10.2. The number of ether oxygens (including phenoxy) is 2. The smallest absolute Gasteiger partial charge is 0.161 e. The number of benzene rings is 1. The Kier molecular flexibility index (Phi) is 8.05. The maximum Gasteiger partial charge on any atom is 0.161 e. The molecule has 1 aromatic carbocycles. The predicted molar refractivity (Wildman–Crippen MR) is 89.1 cm³/mol. The number of alkyl halides is 1. The van der Waals surface area contributed by atoms with Crippen LogP contribution in [0.15, 0.2) is 18.2 Å². The van der Waals surface area contributed by atoms with Crippen molar-refractivity contribution in [2.75, 3.05) is 13.2 Å². The van der Waals surface area contributed by atoms with Crippen LogP contribution in [0.25, 0.3) is 0 Å². The lowest BCUT2D eigenvalue weighted by Crippen LogP contribution is -2.03. The highest BCUT2D eigenvalue weighted by Gasteiger charge is 2.13. The van der Waals surface area contributed by atoms with Gasteiger partial charge in [0.1, 0.15) is 0 Å². The van der Waals surface area contributed by atoms with Crippen molar-refractivity contribution in [3.05, 3.63) is 23.8 Å². The van der Waals surface area contributed by atoms with E-state index >= 15 is 0 Å². The summed E-state index contributed by atoms with van der Waals surface area (Å²) >= 11 is 3.77. The van der Waals surface area contributed by atoms with Gasteiger partial charge in [-0.05, 0) is 42.9 Å². The third-order valence-electron chi connectivity index (χ3n) is 2.93. The van der Waals surface area contributed by atoms with Gasteiger partial charge in [-0.2, -0.15) is 0 Å². The van der Waals surface area contributed by atoms with Crippen LogP contribution in [0.1, 0.15) is 57.3 Å². The molecule has 1 aromatic rings. The van der Waals surface area contributed by atoms with Crippen LogP contribution in [0, 0.1) is 5.92 Å². The van der Waals surface area contributed by atoms with Crippen molar-refractivity contribution in [2.45, 2.75) is 51.8 Å². The number of rotatable bonds is 9. The molecule has 0 N–H and O–H groups in total. The van der Waals surface area contributed by atoms with Gasteiger partial charge in [0, 0.05) is 4.83 Å². The molecule has 2 nitrogen and oxygen atoms in total. The van der Waals surface area contributed by atoms with E-state index in [1.54, 1.807) is 0 Å². The summed E-state index contributed by atoms with van der Waals surface area (Å²) in [5.41, 5.74) is 1.26. The molecule has 1 rings (SSSR count). The summed E-state index contributed by atoms with van der Waals surface area (Å²) in [5.74, 6) is 2.38. The molecule has 0 aromatic heterocycles. The van der Waals surface area contributed by atoms with Gasteiger partial charge in [0.15, 0.2) is 11.5 Å². The minimum atomic E-state index is 0.367. The average molecular weight is 343 g/mol. The molecular formula is C17H27BrO2. The Bertz CT molecular complexity index is 391. The fourth-order valence-electron chi connectivity index (χ4n) is 1.93. The first-order chi connectivity index (χ1) is 9.58. The summed E-state index contributed by atoms with van der Waals surface area (Å²) in [5, 5.41) is 0. The number of halogens is 1. The normalized spacial score (nSPS) is 12.5. The Labute approximate surface area is 132 Å². The molecule has 0 heterocycles. The Balaban J connectivity index is 2.87. The maximum absolute atomic E-state index is 5.83. The third-order valence-corrected chi connectivity index (χ3v) is 3.83. The fourth-order valence-corrected chi connectivity index (χ4v) is 2.96. The van der Waals surface area contributed by atoms with E-state index in [1.807, 2.05) is 6.07 Å². The van der Waals surface area contributed by atoms with Gasteiger partial charge in [0.05, 0.1) is 13.2 Å². The molecule has 0 radical (unpaired) electrons. The molecule has 0 aliphatic carbocycles. The first-order valence-corrected chi connectivity index (χ1v) is 8.53. The lowest BCUT2D eigenvalue weighted by molar-refractivity contribution is 0.268. The molecule has 0 aliphatic heterocycles. The van der Waals surface area contributed by atoms with Gasteiger partial charge in [0.25, 0.3) is 0 Å². The summed E-state index contributed by atoms with van der Waals surface area (Å²) < 4.78 is 11.6. The van der Waals surface area contributed by atoms with E-state index in [-0.39, 0.29) is 0 Å². The van der Waals surface area contributed by atoms with Crippen LogP contribution in [0.2, 0.25) is 0 Å². The van der Waals surface area contributed by atoms with Crippen molar-refractivity contribution in [3.8, 4) is 11.5 Å². The lowest BCUT2D eigenvalue weighted by Gasteiger charge is -2.17. The molecule has 0 aliphatic rings. The minimum Gasteiger partial charge on any atom is -0.490 e. The largest absolute Gasteiger partial charge is 0.490 e. The van der Waals surface area contributed by atoms with Crippen LogP contribution in [0.5, 0.6) is 11.5 Å². The first kappa shape index (κ1) is 17.4. The molecule has 20 heavy (non-hydrogen) atoms. The number of hydrogen-bond donors (Lipinski definition) is 0. The molecular weight excluding hydrogens is 316 g/mol. The van der Waals surface area contributed by atoms with E-state index in [2.05, 4.69) is 55.8 Å². The van der Waals surface area contributed by atoms with Gasteiger partial charge >= 0.3 is 0 Å². The first-order valence-electron chi connectivity index (χ1n) is 7.62. The topological polar surface area (TPSA) is 18.5 Å². The zero-order chi connectivity index (χ0) is 15.0. The highest BCUT2D eigenvalue weighted by molar-refractivity contribution is 9.09. The van der Waals surface area contributed by atoms with Crippen LogP contribution in [-0.2, 0) is 0 Å². The SMILES string of the molecule is CCCOc1ccc(C(Br)CC(C)C)cc1OCCC. The van der Waals surface area contributed by atoms with Crippen LogP contribution >= 0.6 is 15.9 Å². The van der Waals surface area contributed by atoms with E-state index in [9.17, 15) is 0 Å². The quantitative estimate of drug-likeness (QED) is 0.532. The molecule has 0 fully saturated rings. The van der Waals surface area contributed by atoms with Crippen molar-refractivity contribution in [3.63, 3.8) is 0 Å². The molecule has 0 saturated heterocycles. The molecule has 3 heteroatoms. The maximum atomic E-state index is 5.83. The summed E-state index contributed by atoms with van der Waals surface area (Å²) in [6, 6.07) is 6.28. The van der Waals surface area contributed by atoms with Gasteiger partial charge in [0.2, 0.25) is 0 Å². The monoisotopic (exact) mass is 342 g/mol. The second-order valence-corrected chi connectivity index (χ2v) is 6.61. The van der Waals surface area contributed by atoms with Crippen molar-refractivity contribution in [1.82, 2.24) is 0 Å². The lowest BCUT2D eigenvalue weighted by atomic mass is 10.0. The van der Waals surface area contributed by atoms with Crippen molar-refractivity contribution in [1.29, 1.82) is 0 Å². The summed E-state index contributed by atoms with van der Waals surface area (Å²) in [6.07, 6.45) is 3.12. The van der Waals surface area contributed by atoms with E-state index in [4.69, 9.17) is 9.47 Å². The molecule has 114 valence electrons. The Morgan fingerprint density at radius 3 is 2.15 bits per heavy atom. The zero-order valence-corrected chi connectivity index (χ0v) is 14.7. The summed E-state index contributed by atoms with van der Waals surface area (Å²) in [4.78, 5) is 0.367. The molecule has 0 amide bonds. The van der Waals surface area contributed by atoms with Gasteiger partial charge in [-0.25, -0.2) is 0 Å². The molecule has 0 spiro atoms. The average Bonchev–Trinajstić information content (AvgIpc) is 2.42. The molecule has 1 atom stereocenters. The van der Waals surface area contributed by atoms with E-state index in [0.29, 0.717) is 10.7 Å². The standard InChI is InChI=1S/C17H27BrO2/c1-5-9-19-16-8-7-14(15(18)11-13(3)4)12-17(16)20-10-6-2/h7-8,12-13,15H,5-6,9-11H2,1-4H3. The van der Waals surface area contributed by atoms with Gasteiger partial charge in [-0.3, -0.25) is 0 Å². The van der Waals surface area contributed by atoms with Crippen molar-refractivity contribution >= 4 is 15.9 Å². The van der Waals surface area contributed by atoms with Crippen LogP contribution in [0.3, 0.4) is 0 Å². The van der Waals surface area contributed by atoms with Crippen molar-refractivity contribution in [2.24, 2.45) is 5.92 Å². The van der Waals surface area contributed by atoms with Crippen LogP contribution in [-0.4, -0.2) is 13.2 Å². The third kappa shape index (κ3) is 5.74. The van der Waals surface area contributed by atoms with Gasteiger partial charge in [-0.15, -0.1) is 0 Å². The molecule has 0 bridgehead atoms. The van der Waals surface area contributed by atoms with Gasteiger partial charge in [-0.1, -0.05) is 49.7 Å². The second kappa shape index (κ2) is 9.28. The Morgan fingerprint density at radius 1 is 1.00 bits per heavy atom. The van der Waals surface area contributed by atoms with Crippen LogP contribution in [0.4, 0.5) is 0 Å². The Hall–Kier alpha value is -0.700. The molecule has 0 saturated carbocycles. The second-order valence-electron chi connectivity index (χ2n) is 5.50. The summed E-state index contributed by atoms with van der Waals surface area (Å²) in [7, 11) is 0. The fraction of sp³-hybridized carbons (Fsp3) is 0.647. The van der Waals surface area contributed by atoms with E-state index < -0.39 is 0 Å². The number of hydrogen-bond acceptors (Lipinski definition) is 2. The minimum absolute atomic E-state index is 0.367. The molecule has 1 unspecified atom stereocenters. The van der Waals surface area contributed by atoms with Crippen LogP contribution < -0.4 is 9.47 Å². The zero-order valence-electron chi connectivity index (χ0n) is 13.1. The van der Waals surface area contributed by atoms with E-state index in [0.717, 1.165) is 44.0 Å². The highest BCUT2D eigenvalue weighted by atomic mass is 79.9. The predicted octanol–water partition coefficient (Wildman–Crippen LogP) is 5.75. The highest BCUT2D eigenvalue weighted by Crippen LogP contribution is 2.36. The van der Waals surface area contributed by atoms with Crippen molar-refractivity contribution < 1.29 is 9.47 Å². The van der Waals surface area contributed by atoms with Gasteiger partial charge < -0.3 is 9.47 Å².